The van der Waals surface area contributed by atoms with Gasteiger partial charge in [0.25, 0.3) is 0 Å². The van der Waals surface area contributed by atoms with Crippen LogP contribution in [0.2, 0.25) is 0 Å². The van der Waals surface area contributed by atoms with Crippen molar-refractivity contribution in [3.8, 4) is 0 Å². The number of amides is 1. The summed E-state index contributed by atoms with van der Waals surface area (Å²) in [5.74, 6) is 0.782. The van der Waals surface area contributed by atoms with E-state index in [9.17, 15) is 4.79 Å². The van der Waals surface area contributed by atoms with Crippen molar-refractivity contribution in [2.24, 2.45) is 0 Å². The van der Waals surface area contributed by atoms with Crippen molar-refractivity contribution in [1.82, 2.24) is 15.2 Å². The summed E-state index contributed by atoms with van der Waals surface area (Å²) >= 11 is 0. The van der Waals surface area contributed by atoms with Gasteiger partial charge in [0.15, 0.2) is 0 Å². The van der Waals surface area contributed by atoms with Crippen molar-refractivity contribution in [3.05, 3.63) is 41.2 Å². The zero-order valence-corrected chi connectivity index (χ0v) is 15.0. The summed E-state index contributed by atoms with van der Waals surface area (Å²) in [6, 6.07) is 8.10. The molecule has 1 aromatic carbocycles. The highest BCUT2D eigenvalue weighted by Crippen LogP contribution is 2.21. The molecule has 25 heavy (non-hydrogen) atoms. The molecule has 6 heteroatoms. The Balaban J connectivity index is 1.63. The summed E-state index contributed by atoms with van der Waals surface area (Å²) in [5, 5.41) is 11.6. The maximum absolute atomic E-state index is 12.0. The van der Waals surface area contributed by atoms with Gasteiger partial charge in [0.1, 0.15) is 0 Å². The summed E-state index contributed by atoms with van der Waals surface area (Å²) < 4.78 is 0. The first-order chi connectivity index (χ1) is 12.2. The van der Waals surface area contributed by atoms with Crippen LogP contribution in [0.1, 0.15) is 50.1 Å². The van der Waals surface area contributed by atoms with Crippen LogP contribution in [0.5, 0.6) is 0 Å². The lowest BCUT2D eigenvalue weighted by Gasteiger charge is -2.26. The predicted octanol–water partition coefficient (Wildman–Crippen LogP) is 3.13. The van der Waals surface area contributed by atoms with E-state index in [2.05, 4.69) is 34.3 Å². The monoisotopic (exact) mass is 339 g/mol. The van der Waals surface area contributed by atoms with Crippen LogP contribution in [0.25, 0.3) is 0 Å². The molecule has 0 unspecified atom stereocenters. The van der Waals surface area contributed by atoms with Crippen LogP contribution >= 0.6 is 0 Å². The van der Waals surface area contributed by atoms with Crippen LogP contribution in [-0.2, 0) is 24.2 Å². The van der Waals surface area contributed by atoms with Gasteiger partial charge < -0.3 is 10.2 Å². The van der Waals surface area contributed by atoms with Crippen molar-refractivity contribution < 1.29 is 4.79 Å². The summed E-state index contributed by atoms with van der Waals surface area (Å²) in [7, 11) is 0. The molecule has 0 aliphatic carbocycles. The van der Waals surface area contributed by atoms with Crippen molar-refractivity contribution in [1.29, 1.82) is 0 Å². The van der Waals surface area contributed by atoms with Crippen molar-refractivity contribution in [3.63, 3.8) is 0 Å². The number of anilines is 2. The van der Waals surface area contributed by atoms with Crippen molar-refractivity contribution in [2.75, 3.05) is 16.8 Å². The highest BCUT2D eigenvalue weighted by atomic mass is 16.2. The summed E-state index contributed by atoms with van der Waals surface area (Å²) in [6.45, 7) is 5.59. The van der Waals surface area contributed by atoms with E-state index in [-0.39, 0.29) is 5.91 Å². The first-order valence-corrected chi connectivity index (χ1v) is 9.07. The van der Waals surface area contributed by atoms with Gasteiger partial charge in [-0.1, -0.05) is 26.0 Å². The first kappa shape index (κ1) is 17.3. The Bertz CT molecular complexity index is 729. The second-order valence-electron chi connectivity index (χ2n) is 6.26. The normalized spacial score (nSPS) is 14.6. The van der Waals surface area contributed by atoms with Gasteiger partial charge in [-0.15, -0.1) is 5.10 Å². The third-order valence-corrected chi connectivity index (χ3v) is 4.53. The predicted molar refractivity (Wildman–Crippen MR) is 98.6 cm³/mol. The van der Waals surface area contributed by atoms with Gasteiger partial charge in [0, 0.05) is 25.2 Å². The minimum Gasteiger partial charge on any atom is -0.349 e. The van der Waals surface area contributed by atoms with Crippen LogP contribution in [0.3, 0.4) is 0 Å². The maximum atomic E-state index is 12.0. The SMILES string of the molecule is CCc1nnc(NCc2ccc(N3CCCCC3=O)cc2)nc1CC. The smallest absolute Gasteiger partial charge is 0.243 e. The van der Waals surface area contributed by atoms with E-state index >= 15 is 0 Å². The van der Waals surface area contributed by atoms with E-state index in [1.54, 1.807) is 0 Å². The Hall–Kier alpha value is -2.50. The number of aryl methyl sites for hydroxylation is 2. The molecule has 0 spiro atoms. The van der Waals surface area contributed by atoms with Crippen molar-refractivity contribution >= 4 is 17.5 Å². The molecule has 0 saturated carbocycles. The Morgan fingerprint density at radius 3 is 2.48 bits per heavy atom. The van der Waals surface area contributed by atoms with E-state index < -0.39 is 0 Å². The number of piperidine rings is 1. The fourth-order valence-corrected chi connectivity index (χ4v) is 3.07. The molecule has 6 nitrogen and oxygen atoms in total. The number of rotatable bonds is 6. The molecule has 0 bridgehead atoms. The maximum Gasteiger partial charge on any atom is 0.243 e. The zero-order chi connectivity index (χ0) is 17.6. The molecule has 1 saturated heterocycles. The molecule has 2 heterocycles. The molecular weight excluding hydrogens is 314 g/mol. The van der Waals surface area contributed by atoms with Gasteiger partial charge in [-0.25, -0.2) is 4.98 Å². The second kappa shape index (κ2) is 8.05. The lowest BCUT2D eigenvalue weighted by Crippen LogP contribution is -2.35. The lowest BCUT2D eigenvalue weighted by atomic mass is 10.1. The first-order valence-electron chi connectivity index (χ1n) is 9.07. The quantitative estimate of drug-likeness (QED) is 0.875. The Morgan fingerprint density at radius 2 is 1.80 bits per heavy atom. The van der Waals surface area contributed by atoms with E-state index in [0.717, 1.165) is 54.9 Å². The molecule has 1 amide bonds. The summed E-state index contributed by atoms with van der Waals surface area (Å²) in [6.07, 6.45) is 4.43. The molecule has 132 valence electrons. The average molecular weight is 339 g/mol. The van der Waals surface area contributed by atoms with Gasteiger partial charge in [0.2, 0.25) is 11.9 Å². The molecular formula is C19H25N5O. The molecule has 0 atom stereocenters. The van der Waals surface area contributed by atoms with Crippen LogP contribution in [0.15, 0.2) is 24.3 Å². The van der Waals surface area contributed by atoms with E-state index in [0.29, 0.717) is 18.9 Å². The molecule has 1 aliphatic heterocycles. The topological polar surface area (TPSA) is 71.0 Å². The fraction of sp³-hybridized carbons (Fsp3) is 0.474. The largest absolute Gasteiger partial charge is 0.349 e. The van der Waals surface area contributed by atoms with E-state index in [4.69, 9.17) is 0 Å². The Morgan fingerprint density at radius 1 is 1.04 bits per heavy atom. The fourth-order valence-electron chi connectivity index (χ4n) is 3.07. The molecule has 1 N–H and O–H groups in total. The van der Waals surface area contributed by atoms with Gasteiger partial charge in [-0.2, -0.15) is 5.10 Å². The lowest BCUT2D eigenvalue weighted by molar-refractivity contribution is -0.119. The number of aromatic nitrogens is 3. The third kappa shape index (κ3) is 4.13. The molecule has 3 rings (SSSR count). The average Bonchev–Trinajstić information content (AvgIpc) is 2.67. The van der Waals surface area contributed by atoms with Gasteiger partial charge in [-0.3, -0.25) is 4.79 Å². The Kier molecular flexibility index (Phi) is 5.58. The highest BCUT2D eigenvalue weighted by Gasteiger charge is 2.19. The number of nitrogens with zero attached hydrogens (tertiary/aromatic N) is 4. The molecule has 2 aromatic rings. The molecule has 0 radical (unpaired) electrons. The van der Waals surface area contributed by atoms with Crippen molar-refractivity contribution in [2.45, 2.75) is 52.5 Å². The zero-order valence-electron chi connectivity index (χ0n) is 15.0. The number of carbonyl (C=O) groups excluding carboxylic acids is 1. The number of hydrogen-bond acceptors (Lipinski definition) is 5. The van der Waals surface area contributed by atoms with Crippen LogP contribution < -0.4 is 10.2 Å². The van der Waals surface area contributed by atoms with Crippen LogP contribution in [0.4, 0.5) is 11.6 Å². The summed E-state index contributed by atoms with van der Waals surface area (Å²) in [5.41, 5.74) is 4.06. The number of hydrogen-bond donors (Lipinski definition) is 1. The molecule has 1 aliphatic rings. The number of benzene rings is 1. The standard InChI is InChI=1S/C19H25N5O/c1-3-16-17(4-2)22-23-19(21-16)20-13-14-8-10-15(11-9-14)24-12-6-5-7-18(24)25/h8-11H,3-7,12-13H2,1-2H3,(H,20,21,23). The molecule has 1 aromatic heterocycles. The van der Waals surface area contributed by atoms with Gasteiger partial charge in [0.05, 0.1) is 11.4 Å². The molecule has 1 fully saturated rings. The minimum absolute atomic E-state index is 0.222. The van der Waals surface area contributed by atoms with E-state index in [1.165, 1.54) is 0 Å². The highest BCUT2D eigenvalue weighted by molar-refractivity contribution is 5.93. The minimum atomic E-state index is 0.222. The third-order valence-electron chi connectivity index (χ3n) is 4.53. The van der Waals surface area contributed by atoms with E-state index in [1.807, 2.05) is 29.2 Å². The summed E-state index contributed by atoms with van der Waals surface area (Å²) in [4.78, 5) is 18.4. The second-order valence-corrected chi connectivity index (χ2v) is 6.26. The van der Waals surface area contributed by atoms with Crippen LogP contribution in [-0.4, -0.2) is 27.6 Å². The van der Waals surface area contributed by atoms with Crippen LogP contribution in [0, 0.1) is 0 Å². The number of carbonyl (C=O) groups is 1. The van der Waals surface area contributed by atoms with Gasteiger partial charge >= 0.3 is 0 Å². The Labute approximate surface area is 148 Å². The van der Waals surface area contributed by atoms with Gasteiger partial charge in [-0.05, 0) is 43.4 Å². The number of nitrogens with one attached hydrogen (secondary N) is 1.